The quantitative estimate of drug-likeness (QED) is 0.769. The predicted octanol–water partition coefficient (Wildman–Crippen LogP) is 2.34. The van der Waals surface area contributed by atoms with E-state index >= 15 is 0 Å². The van der Waals surface area contributed by atoms with E-state index in [1.807, 2.05) is 32.9 Å². The molecule has 7 heteroatoms. The molecule has 3 heterocycles. The zero-order valence-corrected chi connectivity index (χ0v) is 14.2. The van der Waals surface area contributed by atoms with Gasteiger partial charge in [0.1, 0.15) is 22.9 Å². The summed E-state index contributed by atoms with van der Waals surface area (Å²) in [5, 5.41) is 2.89. The van der Waals surface area contributed by atoms with Crippen molar-refractivity contribution in [1.29, 1.82) is 0 Å². The number of hydrogen-bond donors (Lipinski definition) is 2. The highest BCUT2D eigenvalue weighted by atomic mass is 16.1. The highest BCUT2D eigenvalue weighted by molar-refractivity contribution is 5.80. The first kappa shape index (κ1) is 15.9. The molecular formula is C17H20N6O. The van der Waals surface area contributed by atoms with Crippen molar-refractivity contribution in [2.45, 2.75) is 27.3 Å². The molecule has 0 aliphatic rings. The van der Waals surface area contributed by atoms with Gasteiger partial charge in [0, 0.05) is 13.2 Å². The van der Waals surface area contributed by atoms with Gasteiger partial charge in [0.05, 0.1) is 12.2 Å². The van der Waals surface area contributed by atoms with E-state index < -0.39 is 0 Å². The van der Waals surface area contributed by atoms with Crippen LogP contribution in [0.3, 0.4) is 0 Å². The SMILES string of the molecule is CNc1cccn(Cc2nc3nc(C)nc(C=C(C)C)c3[nH]2)c1=O. The Hall–Kier alpha value is -2.96. The summed E-state index contributed by atoms with van der Waals surface area (Å²) in [4.78, 5) is 28.9. The van der Waals surface area contributed by atoms with Crippen molar-refractivity contribution in [3.63, 3.8) is 0 Å². The second-order valence-corrected chi connectivity index (χ2v) is 5.86. The molecule has 0 saturated heterocycles. The molecule has 0 amide bonds. The number of aryl methyl sites for hydroxylation is 1. The Kier molecular flexibility index (Phi) is 4.16. The Labute approximate surface area is 139 Å². The van der Waals surface area contributed by atoms with E-state index in [-0.39, 0.29) is 5.56 Å². The summed E-state index contributed by atoms with van der Waals surface area (Å²) in [5.41, 5.74) is 3.82. The number of fused-ring (bicyclic) bond motifs is 1. The van der Waals surface area contributed by atoms with Gasteiger partial charge in [0.25, 0.3) is 5.56 Å². The molecule has 0 radical (unpaired) electrons. The minimum atomic E-state index is -0.0905. The van der Waals surface area contributed by atoms with Gasteiger partial charge in [-0.25, -0.2) is 15.0 Å². The van der Waals surface area contributed by atoms with Crippen molar-refractivity contribution in [2.24, 2.45) is 0 Å². The molecule has 24 heavy (non-hydrogen) atoms. The van der Waals surface area contributed by atoms with Crippen molar-refractivity contribution in [3.05, 3.63) is 51.6 Å². The monoisotopic (exact) mass is 324 g/mol. The third-order valence-electron chi connectivity index (χ3n) is 3.57. The Balaban J connectivity index is 2.06. The highest BCUT2D eigenvalue weighted by Crippen LogP contribution is 2.16. The van der Waals surface area contributed by atoms with Crippen molar-refractivity contribution < 1.29 is 0 Å². The first-order valence-corrected chi connectivity index (χ1v) is 7.73. The van der Waals surface area contributed by atoms with Crippen LogP contribution < -0.4 is 10.9 Å². The number of H-pyrrole nitrogens is 1. The van der Waals surface area contributed by atoms with E-state index in [1.165, 1.54) is 0 Å². The first-order chi connectivity index (χ1) is 11.5. The fraction of sp³-hybridized carbons (Fsp3) is 0.294. The lowest BCUT2D eigenvalue weighted by molar-refractivity contribution is 0.728. The van der Waals surface area contributed by atoms with Crippen LogP contribution in [0.4, 0.5) is 5.69 Å². The zero-order valence-electron chi connectivity index (χ0n) is 14.2. The van der Waals surface area contributed by atoms with Crippen LogP contribution in [0.1, 0.15) is 31.2 Å². The number of hydrogen-bond acceptors (Lipinski definition) is 5. The van der Waals surface area contributed by atoms with E-state index in [0.717, 1.165) is 16.8 Å². The van der Waals surface area contributed by atoms with Crippen LogP contribution in [0.15, 0.2) is 28.7 Å². The number of nitrogens with zero attached hydrogens (tertiary/aromatic N) is 4. The Bertz CT molecular complexity index is 978. The number of anilines is 1. The van der Waals surface area contributed by atoms with Crippen LogP contribution in [0.5, 0.6) is 0 Å². The number of aromatic nitrogens is 5. The van der Waals surface area contributed by atoms with Gasteiger partial charge in [0.15, 0.2) is 5.65 Å². The molecule has 3 aromatic heterocycles. The summed E-state index contributed by atoms with van der Waals surface area (Å²) in [6.45, 7) is 6.22. The summed E-state index contributed by atoms with van der Waals surface area (Å²) in [6.07, 6.45) is 3.73. The van der Waals surface area contributed by atoms with Crippen LogP contribution in [0, 0.1) is 6.92 Å². The van der Waals surface area contributed by atoms with Gasteiger partial charge >= 0.3 is 0 Å². The molecule has 7 nitrogen and oxygen atoms in total. The molecule has 0 spiro atoms. The lowest BCUT2D eigenvalue weighted by Gasteiger charge is -2.05. The van der Waals surface area contributed by atoms with E-state index in [1.54, 1.807) is 23.9 Å². The van der Waals surface area contributed by atoms with Gasteiger partial charge in [-0.1, -0.05) is 5.57 Å². The molecule has 0 aliphatic carbocycles. The van der Waals surface area contributed by atoms with Crippen LogP contribution in [0.25, 0.3) is 17.2 Å². The molecule has 0 aromatic carbocycles. The maximum atomic E-state index is 12.3. The Morgan fingerprint density at radius 1 is 1.33 bits per heavy atom. The van der Waals surface area contributed by atoms with E-state index in [4.69, 9.17) is 0 Å². The Morgan fingerprint density at radius 2 is 2.12 bits per heavy atom. The number of rotatable bonds is 4. The number of nitrogens with one attached hydrogen (secondary N) is 2. The second-order valence-electron chi connectivity index (χ2n) is 5.86. The van der Waals surface area contributed by atoms with Crippen molar-refractivity contribution >= 4 is 22.9 Å². The van der Waals surface area contributed by atoms with Gasteiger partial charge in [-0.3, -0.25) is 4.79 Å². The van der Waals surface area contributed by atoms with Crippen LogP contribution in [-0.2, 0) is 6.54 Å². The maximum Gasteiger partial charge on any atom is 0.274 e. The largest absolute Gasteiger partial charge is 0.384 e. The standard InChI is InChI=1S/C17H20N6O/c1-10(2)8-13-15-16(20-11(3)19-13)22-14(21-15)9-23-7-5-6-12(18-4)17(23)24/h5-8,18H,9H2,1-4H3,(H,19,20,21,22). The number of aromatic amines is 1. The molecule has 0 saturated carbocycles. The molecule has 3 aromatic rings. The number of imidazole rings is 1. The molecule has 0 atom stereocenters. The molecular weight excluding hydrogens is 304 g/mol. The minimum Gasteiger partial charge on any atom is -0.384 e. The Morgan fingerprint density at radius 3 is 2.83 bits per heavy atom. The first-order valence-electron chi connectivity index (χ1n) is 7.73. The molecule has 124 valence electrons. The van der Waals surface area contributed by atoms with Crippen molar-refractivity contribution in [1.82, 2.24) is 24.5 Å². The lowest BCUT2D eigenvalue weighted by Crippen LogP contribution is -2.22. The van der Waals surface area contributed by atoms with Gasteiger partial charge in [0.2, 0.25) is 0 Å². The fourth-order valence-corrected chi connectivity index (χ4v) is 2.55. The summed E-state index contributed by atoms with van der Waals surface area (Å²) < 4.78 is 1.60. The smallest absolute Gasteiger partial charge is 0.274 e. The molecule has 2 N–H and O–H groups in total. The van der Waals surface area contributed by atoms with Gasteiger partial charge in [-0.2, -0.15) is 0 Å². The molecule has 0 unspecified atom stereocenters. The normalized spacial score (nSPS) is 10.8. The van der Waals surface area contributed by atoms with E-state index in [2.05, 4.69) is 25.3 Å². The summed E-state index contributed by atoms with van der Waals surface area (Å²) in [7, 11) is 1.73. The van der Waals surface area contributed by atoms with Gasteiger partial charge in [-0.15, -0.1) is 0 Å². The third kappa shape index (κ3) is 3.05. The number of pyridine rings is 1. The highest BCUT2D eigenvalue weighted by Gasteiger charge is 2.11. The van der Waals surface area contributed by atoms with Crippen LogP contribution >= 0.6 is 0 Å². The number of allylic oxidation sites excluding steroid dienone is 1. The van der Waals surface area contributed by atoms with E-state index in [0.29, 0.717) is 29.5 Å². The molecule has 0 bridgehead atoms. The van der Waals surface area contributed by atoms with Crippen molar-refractivity contribution in [3.8, 4) is 0 Å². The topological polar surface area (TPSA) is 88.5 Å². The van der Waals surface area contributed by atoms with Crippen molar-refractivity contribution in [2.75, 3.05) is 12.4 Å². The molecule has 0 fully saturated rings. The summed E-state index contributed by atoms with van der Waals surface area (Å²) >= 11 is 0. The lowest BCUT2D eigenvalue weighted by atomic mass is 10.2. The van der Waals surface area contributed by atoms with Crippen LogP contribution in [0.2, 0.25) is 0 Å². The average molecular weight is 324 g/mol. The zero-order chi connectivity index (χ0) is 17.3. The molecule has 0 aliphatic heterocycles. The van der Waals surface area contributed by atoms with Crippen LogP contribution in [-0.4, -0.2) is 31.6 Å². The van der Waals surface area contributed by atoms with E-state index in [9.17, 15) is 4.79 Å². The van der Waals surface area contributed by atoms with Gasteiger partial charge in [-0.05, 0) is 39.0 Å². The fourth-order valence-electron chi connectivity index (χ4n) is 2.55. The maximum absolute atomic E-state index is 12.3. The average Bonchev–Trinajstić information content (AvgIpc) is 2.91. The predicted molar refractivity (Wildman–Crippen MR) is 95.1 cm³/mol. The second kappa shape index (κ2) is 6.27. The minimum absolute atomic E-state index is 0.0905. The molecule has 3 rings (SSSR count). The summed E-state index contributed by atoms with van der Waals surface area (Å²) in [6, 6.07) is 3.58. The summed E-state index contributed by atoms with van der Waals surface area (Å²) in [5.74, 6) is 1.34. The van der Waals surface area contributed by atoms with Gasteiger partial charge < -0.3 is 14.9 Å². The third-order valence-corrected chi connectivity index (χ3v) is 3.57.